The molecule has 0 saturated heterocycles. The highest BCUT2D eigenvalue weighted by Crippen LogP contribution is 2.15. The van der Waals surface area contributed by atoms with Crippen molar-refractivity contribution in [1.29, 1.82) is 0 Å². The second-order valence-electron chi connectivity index (χ2n) is 3.50. The number of aromatic nitrogens is 1. The minimum absolute atomic E-state index is 0.311. The summed E-state index contributed by atoms with van der Waals surface area (Å²) in [5, 5.41) is 4.54. The van der Waals surface area contributed by atoms with Gasteiger partial charge in [-0.2, -0.15) is 0 Å². The van der Waals surface area contributed by atoms with Gasteiger partial charge in [0.25, 0.3) is 0 Å². The van der Waals surface area contributed by atoms with Crippen LogP contribution in [0.1, 0.15) is 28.4 Å². The summed E-state index contributed by atoms with van der Waals surface area (Å²) in [4.78, 5) is 5.48. The Morgan fingerprint density at radius 1 is 1.60 bits per heavy atom. The van der Waals surface area contributed by atoms with Crippen molar-refractivity contribution in [2.45, 2.75) is 26.4 Å². The van der Waals surface area contributed by atoms with Crippen molar-refractivity contribution >= 4 is 11.3 Å². The maximum atomic E-state index is 5.04. The van der Waals surface area contributed by atoms with Gasteiger partial charge < -0.3 is 9.73 Å². The Morgan fingerprint density at radius 3 is 3.07 bits per heavy atom. The molecule has 2 heterocycles. The zero-order valence-electron chi connectivity index (χ0n) is 8.86. The van der Waals surface area contributed by atoms with Crippen LogP contribution in [0.3, 0.4) is 0 Å². The number of nitrogens with zero attached hydrogens (tertiary/aromatic N) is 1. The van der Waals surface area contributed by atoms with Gasteiger partial charge in [0, 0.05) is 29.2 Å². The van der Waals surface area contributed by atoms with E-state index in [9.17, 15) is 0 Å². The third-order valence-corrected chi connectivity index (χ3v) is 3.21. The third-order valence-electron chi connectivity index (χ3n) is 2.29. The molecular weight excluding hydrogens is 208 g/mol. The lowest BCUT2D eigenvalue weighted by Gasteiger charge is -2.10. The molecule has 0 amide bonds. The van der Waals surface area contributed by atoms with Gasteiger partial charge in [-0.3, -0.25) is 0 Å². The first kappa shape index (κ1) is 10.4. The van der Waals surface area contributed by atoms with E-state index in [4.69, 9.17) is 4.42 Å². The number of nitrogens with one attached hydrogen (secondary N) is 1. The summed E-state index contributed by atoms with van der Waals surface area (Å²) >= 11 is 1.73. The summed E-state index contributed by atoms with van der Waals surface area (Å²) in [5.74, 6) is 0. The van der Waals surface area contributed by atoms with Gasteiger partial charge in [-0.25, -0.2) is 4.98 Å². The topological polar surface area (TPSA) is 38.1 Å². The van der Waals surface area contributed by atoms with Gasteiger partial charge in [-0.15, -0.1) is 11.3 Å². The molecule has 0 spiro atoms. The summed E-state index contributed by atoms with van der Waals surface area (Å²) < 4.78 is 5.04. The van der Waals surface area contributed by atoms with Crippen LogP contribution in [0.25, 0.3) is 0 Å². The highest BCUT2D eigenvalue weighted by Gasteiger charge is 2.06. The maximum Gasteiger partial charge on any atom is 0.0950 e. The molecule has 15 heavy (non-hydrogen) atoms. The highest BCUT2D eigenvalue weighted by molar-refractivity contribution is 7.11. The van der Waals surface area contributed by atoms with Crippen molar-refractivity contribution in [3.8, 4) is 0 Å². The molecule has 2 aromatic heterocycles. The van der Waals surface area contributed by atoms with E-state index in [0.717, 1.165) is 11.6 Å². The number of thiazole rings is 1. The molecule has 2 rings (SSSR count). The molecule has 80 valence electrons. The fraction of sp³-hybridized carbons (Fsp3) is 0.364. The summed E-state index contributed by atoms with van der Waals surface area (Å²) in [6.07, 6.45) is 5.40. The molecule has 1 N–H and O–H groups in total. The van der Waals surface area contributed by atoms with Gasteiger partial charge in [0.2, 0.25) is 0 Å². The van der Waals surface area contributed by atoms with Gasteiger partial charge in [0.15, 0.2) is 0 Å². The molecule has 0 aromatic carbocycles. The second-order valence-corrected chi connectivity index (χ2v) is 4.82. The lowest BCUT2D eigenvalue weighted by atomic mass is 10.2. The molecular formula is C11H14N2OS. The standard InChI is InChI=1S/C11H14N2OS/c1-8(10-3-4-14-7-10)12-5-11-6-13-9(2)15-11/h3-4,6-8,12H,5H2,1-2H3. The number of hydrogen-bond acceptors (Lipinski definition) is 4. The smallest absolute Gasteiger partial charge is 0.0950 e. The van der Waals surface area contributed by atoms with Crippen molar-refractivity contribution < 1.29 is 4.42 Å². The van der Waals surface area contributed by atoms with E-state index in [1.54, 1.807) is 23.9 Å². The molecule has 1 unspecified atom stereocenters. The van der Waals surface area contributed by atoms with E-state index >= 15 is 0 Å². The second kappa shape index (κ2) is 4.59. The molecule has 0 aliphatic carbocycles. The Hall–Kier alpha value is -1.13. The van der Waals surface area contributed by atoms with Crippen LogP contribution in [-0.4, -0.2) is 4.98 Å². The van der Waals surface area contributed by atoms with Gasteiger partial charge in [0.05, 0.1) is 17.5 Å². The zero-order chi connectivity index (χ0) is 10.7. The van der Waals surface area contributed by atoms with Gasteiger partial charge in [-0.1, -0.05) is 0 Å². The van der Waals surface area contributed by atoms with Crippen molar-refractivity contribution in [1.82, 2.24) is 10.3 Å². The monoisotopic (exact) mass is 222 g/mol. The fourth-order valence-corrected chi connectivity index (χ4v) is 2.13. The van der Waals surface area contributed by atoms with E-state index in [-0.39, 0.29) is 0 Å². The van der Waals surface area contributed by atoms with Gasteiger partial charge >= 0.3 is 0 Å². The minimum atomic E-state index is 0.311. The van der Waals surface area contributed by atoms with Gasteiger partial charge in [-0.05, 0) is 19.9 Å². The lowest BCUT2D eigenvalue weighted by Crippen LogP contribution is -2.16. The van der Waals surface area contributed by atoms with E-state index in [2.05, 4.69) is 17.2 Å². The van der Waals surface area contributed by atoms with E-state index in [1.165, 1.54) is 10.4 Å². The summed E-state index contributed by atoms with van der Waals surface area (Å²) in [6, 6.07) is 2.29. The molecule has 3 nitrogen and oxygen atoms in total. The lowest BCUT2D eigenvalue weighted by molar-refractivity contribution is 0.539. The van der Waals surface area contributed by atoms with E-state index < -0.39 is 0 Å². The minimum Gasteiger partial charge on any atom is -0.472 e. The molecule has 0 aliphatic rings. The molecule has 1 atom stereocenters. The predicted molar refractivity (Wildman–Crippen MR) is 60.8 cm³/mol. The highest BCUT2D eigenvalue weighted by atomic mass is 32.1. The number of aryl methyl sites for hydroxylation is 1. The van der Waals surface area contributed by atoms with Crippen molar-refractivity contribution in [3.05, 3.63) is 40.2 Å². The number of furan rings is 1. The average Bonchev–Trinajstić information content (AvgIpc) is 2.84. The van der Waals surface area contributed by atoms with Crippen LogP contribution in [0.5, 0.6) is 0 Å². The molecule has 4 heteroatoms. The molecule has 0 aliphatic heterocycles. The third kappa shape index (κ3) is 2.67. The summed E-state index contributed by atoms with van der Waals surface area (Å²) in [7, 11) is 0. The van der Waals surface area contributed by atoms with Crippen LogP contribution in [0, 0.1) is 6.92 Å². The molecule has 2 aromatic rings. The quantitative estimate of drug-likeness (QED) is 0.864. The largest absolute Gasteiger partial charge is 0.472 e. The van der Waals surface area contributed by atoms with Crippen LogP contribution in [-0.2, 0) is 6.54 Å². The first-order chi connectivity index (χ1) is 7.25. The predicted octanol–water partition coefficient (Wildman–Crippen LogP) is 2.90. The fourth-order valence-electron chi connectivity index (χ4n) is 1.38. The first-order valence-corrected chi connectivity index (χ1v) is 5.74. The van der Waals surface area contributed by atoms with E-state index in [1.807, 2.05) is 19.2 Å². The Morgan fingerprint density at radius 2 is 2.47 bits per heavy atom. The Labute approximate surface area is 93.2 Å². The zero-order valence-corrected chi connectivity index (χ0v) is 9.67. The molecule has 0 radical (unpaired) electrons. The van der Waals surface area contributed by atoms with Crippen LogP contribution in [0.2, 0.25) is 0 Å². The number of hydrogen-bond donors (Lipinski definition) is 1. The molecule has 0 bridgehead atoms. The Kier molecular flexibility index (Phi) is 3.18. The number of rotatable bonds is 4. The average molecular weight is 222 g/mol. The van der Waals surface area contributed by atoms with Crippen LogP contribution < -0.4 is 5.32 Å². The Bertz CT molecular complexity index is 408. The maximum absolute atomic E-state index is 5.04. The summed E-state index contributed by atoms with van der Waals surface area (Å²) in [5.41, 5.74) is 1.18. The van der Waals surface area contributed by atoms with Crippen LogP contribution >= 0.6 is 11.3 Å². The first-order valence-electron chi connectivity index (χ1n) is 4.92. The van der Waals surface area contributed by atoms with Crippen LogP contribution in [0.4, 0.5) is 0 Å². The van der Waals surface area contributed by atoms with Crippen molar-refractivity contribution in [3.63, 3.8) is 0 Å². The molecule has 0 fully saturated rings. The van der Waals surface area contributed by atoms with E-state index in [0.29, 0.717) is 6.04 Å². The van der Waals surface area contributed by atoms with Crippen molar-refractivity contribution in [2.75, 3.05) is 0 Å². The van der Waals surface area contributed by atoms with Crippen LogP contribution in [0.15, 0.2) is 29.2 Å². The van der Waals surface area contributed by atoms with Crippen molar-refractivity contribution in [2.24, 2.45) is 0 Å². The SMILES string of the molecule is Cc1ncc(CNC(C)c2ccoc2)s1. The molecule has 0 saturated carbocycles. The van der Waals surface area contributed by atoms with Gasteiger partial charge in [0.1, 0.15) is 0 Å². The Balaban J connectivity index is 1.88. The normalized spacial score (nSPS) is 12.9. The summed E-state index contributed by atoms with van der Waals surface area (Å²) in [6.45, 7) is 5.00.